The predicted octanol–water partition coefficient (Wildman–Crippen LogP) is 3.15. The van der Waals surface area contributed by atoms with E-state index in [1.165, 1.54) is 4.90 Å². The lowest BCUT2D eigenvalue weighted by Crippen LogP contribution is -2.36. The second-order valence-electron chi connectivity index (χ2n) is 6.81. The SMILES string of the molecule is CN(CC(=O)Nc1ccccc1Br)C(=O)CCCNC(=O)OC(C)(C)C. The minimum Gasteiger partial charge on any atom is -0.444 e. The Labute approximate surface area is 162 Å². The van der Waals surface area contributed by atoms with E-state index in [0.29, 0.717) is 18.7 Å². The van der Waals surface area contributed by atoms with Crippen molar-refractivity contribution in [2.45, 2.75) is 39.2 Å². The molecule has 0 aliphatic heterocycles. The lowest BCUT2D eigenvalue weighted by molar-refractivity contribution is -0.133. The third-order valence-corrected chi connectivity index (χ3v) is 3.88. The molecule has 0 heterocycles. The van der Waals surface area contributed by atoms with Gasteiger partial charge in [-0.25, -0.2) is 4.79 Å². The summed E-state index contributed by atoms with van der Waals surface area (Å²) in [6.07, 6.45) is 0.189. The van der Waals surface area contributed by atoms with E-state index < -0.39 is 11.7 Å². The summed E-state index contributed by atoms with van der Waals surface area (Å²) in [5, 5.41) is 5.34. The Hall–Kier alpha value is -2.09. The molecule has 26 heavy (non-hydrogen) atoms. The first-order chi connectivity index (χ1) is 12.1. The maximum Gasteiger partial charge on any atom is 0.407 e. The average molecular weight is 428 g/mol. The number of carbonyl (C=O) groups excluding carboxylic acids is 3. The molecule has 0 radical (unpaired) electrons. The number of benzene rings is 1. The van der Waals surface area contributed by atoms with Crippen molar-refractivity contribution in [2.75, 3.05) is 25.5 Å². The highest BCUT2D eigenvalue weighted by Gasteiger charge is 2.16. The number of likely N-dealkylation sites (N-methyl/N-ethyl adjacent to an activating group) is 1. The molecule has 1 aromatic carbocycles. The van der Waals surface area contributed by atoms with E-state index in [1.54, 1.807) is 33.9 Å². The number of rotatable bonds is 7. The number of amides is 3. The van der Waals surface area contributed by atoms with Crippen LogP contribution >= 0.6 is 15.9 Å². The highest BCUT2D eigenvalue weighted by atomic mass is 79.9. The molecule has 1 aromatic rings. The van der Waals surface area contributed by atoms with Gasteiger partial charge in [-0.1, -0.05) is 12.1 Å². The van der Waals surface area contributed by atoms with Crippen molar-refractivity contribution < 1.29 is 19.1 Å². The van der Waals surface area contributed by atoms with Gasteiger partial charge in [0.15, 0.2) is 0 Å². The van der Waals surface area contributed by atoms with Crippen molar-refractivity contribution in [3.05, 3.63) is 28.7 Å². The number of nitrogens with one attached hydrogen (secondary N) is 2. The molecule has 0 fully saturated rings. The van der Waals surface area contributed by atoms with Gasteiger partial charge in [0.05, 0.1) is 12.2 Å². The quantitative estimate of drug-likeness (QED) is 0.654. The first-order valence-electron chi connectivity index (χ1n) is 8.33. The molecule has 144 valence electrons. The number of hydrogen-bond donors (Lipinski definition) is 2. The van der Waals surface area contributed by atoms with Crippen LogP contribution < -0.4 is 10.6 Å². The smallest absolute Gasteiger partial charge is 0.407 e. The van der Waals surface area contributed by atoms with Crippen molar-refractivity contribution in [1.29, 1.82) is 0 Å². The second-order valence-corrected chi connectivity index (χ2v) is 7.66. The lowest BCUT2D eigenvalue weighted by Gasteiger charge is -2.20. The maximum absolute atomic E-state index is 12.1. The fourth-order valence-electron chi connectivity index (χ4n) is 1.99. The van der Waals surface area contributed by atoms with E-state index in [2.05, 4.69) is 26.6 Å². The number of hydrogen-bond acceptors (Lipinski definition) is 4. The van der Waals surface area contributed by atoms with Gasteiger partial charge >= 0.3 is 6.09 Å². The zero-order valence-corrected chi connectivity index (χ0v) is 17.2. The number of ether oxygens (including phenoxy) is 1. The van der Waals surface area contributed by atoms with E-state index in [-0.39, 0.29) is 24.8 Å². The molecule has 2 N–H and O–H groups in total. The summed E-state index contributed by atoms with van der Waals surface area (Å²) in [4.78, 5) is 37.0. The normalized spacial score (nSPS) is 10.8. The topological polar surface area (TPSA) is 87.7 Å². The molecule has 1 rings (SSSR count). The zero-order valence-electron chi connectivity index (χ0n) is 15.6. The molecule has 0 unspecified atom stereocenters. The molecule has 0 spiro atoms. The van der Waals surface area contributed by atoms with Crippen LogP contribution in [0.4, 0.5) is 10.5 Å². The number of halogens is 1. The van der Waals surface area contributed by atoms with Crippen LogP contribution in [0, 0.1) is 0 Å². The highest BCUT2D eigenvalue weighted by molar-refractivity contribution is 9.10. The highest BCUT2D eigenvalue weighted by Crippen LogP contribution is 2.20. The third kappa shape index (κ3) is 8.84. The second kappa shape index (κ2) is 10.2. The van der Waals surface area contributed by atoms with E-state index in [4.69, 9.17) is 4.74 Å². The van der Waals surface area contributed by atoms with Crippen molar-refractivity contribution in [2.24, 2.45) is 0 Å². The summed E-state index contributed by atoms with van der Waals surface area (Å²) in [7, 11) is 1.57. The first-order valence-corrected chi connectivity index (χ1v) is 9.13. The third-order valence-electron chi connectivity index (χ3n) is 3.19. The average Bonchev–Trinajstić information content (AvgIpc) is 2.51. The zero-order chi connectivity index (χ0) is 19.7. The molecule has 0 aliphatic rings. The molecule has 0 saturated heterocycles. The molecule has 3 amide bonds. The van der Waals surface area contributed by atoms with Crippen LogP contribution in [0.15, 0.2) is 28.7 Å². The summed E-state index contributed by atoms with van der Waals surface area (Å²) in [5.74, 6) is -0.446. The van der Waals surface area contributed by atoms with Gasteiger partial charge in [-0.15, -0.1) is 0 Å². The van der Waals surface area contributed by atoms with E-state index in [1.807, 2.05) is 18.2 Å². The van der Waals surface area contributed by atoms with Gasteiger partial charge in [-0.05, 0) is 55.3 Å². The van der Waals surface area contributed by atoms with Crippen molar-refractivity contribution in [3.63, 3.8) is 0 Å². The van der Waals surface area contributed by atoms with Gasteiger partial charge in [0.2, 0.25) is 11.8 Å². The van der Waals surface area contributed by atoms with Crippen LogP contribution in [0.3, 0.4) is 0 Å². The molecule has 0 bridgehead atoms. The number of nitrogens with zero attached hydrogens (tertiary/aromatic N) is 1. The fourth-order valence-corrected chi connectivity index (χ4v) is 2.37. The predicted molar refractivity (Wildman–Crippen MR) is 104 cm³/mol. The van der Waals surface area contributed by atoms with Crippen LogP contribution in [0.5, 0.6) is 0 Å². The Kier molecular flexibility index (Phi) is 8.57. The van der Waals surface area contributed by atoms with Crippen LogP contribution in [0.1, 0.15) is 33.6 Å². The molecule has 0 saturated carbocycles. The number of anilines is 1. The molecular formula is C18H26BrN3O4. The Balaban J connectivity index is 2.29. The summed E-state index contributed by atoms with van der Waals surface area (Å²) >= 11 is 3.35. The molecule has 8 heteroatoms. The fraction of sp³-hybridized carbons (Fsp3) is 0.500. The van der Waals surface area contributed by atoms with Crippen LogP contribution in [-0.2, 0) is 14.3 Å². The number of alkyl carbamates (subject to hydrolysis) is 1. The standard InChI is InChI=1S/C18H26BrN3O4/c1-18(2,3)26-17(25)20-11-7-10-16(24)22(4)12-15(23)21-14-9-6-5-8-13(14)19/h5-6,8-9H,7,10-12H2,1-4H3,(H,20,25)(H,21,23). The summed E-state index contributed by atoms with van der Waals surface area (Å²) in [5.41, 5.74) is 0.0984. The molecule has 7 nitrogen and oxygen atoms in total. The molecule has 0 aliphatic carbocycles. The maximum atomic E-state index is 12.1. The number of para-hydroxylation sites is 1. The Morgan fingerprint density at radius 2 is 1.85 bits per heavy atom. The van der Waals surface area contributed by atoms with Crippen LogP contribution in [0.2, 0.25) is 0 Å². The molecule has 0 aromatic heterocycles. The van der Waals surface area contributed by atoms with Gasteiger partial charge in [0.25, 0.3) is 0 Å². The minimum atomic E-state index is -0.554. The van der Waals surface area contributed by atoms with Gasteiger partial charge < -0.3 is 20.3 Å². The van der Waals surface area contributed by atoms with Crippen molar-refractivity contribution in [3.8, 4) is 0 Å². The van der Waals surface area contributed by atoms with Crippen molar-refractivity contribution in [1.82, 2.24) is 10.2 Å². The van der Waals surface area contributed by atoms with E-state index >= 15 is 0 Å². The largest absolute Gasteiger partial charge is 0.444 e. The van der Waals surface area contributed by atoms with Crippen LogP contribution in [-0.4, -0.2) is 48.5 Å². The molecule has 0 atom stereocenters. The summed E-state index contributed by atoms with van der Waals surface area (Å²) < 4.78 is 5.88. The van der Waals surface area contributed by atoms with Gasteiger partial charge in [0, 0.05) is 24.5 Å². The monoisotopic (exact) mass is 427 g/mol. The Bertz CT molecular complexity index is 644. The summed E-state index contributed by atoms with van der Waals surface area (Å²) in [6, 6.07) is 7.25. The van der Waals surface area contributed by atoms with Gasteiger partial charge in [-0.2, -0.15) is 0 Å². The van der Waals surface area contributed by atoms with Gasteiger partial charge in [-0.3, -0.25) is 9.59 Å². The molecular weight excluding hydrogens is 402 g/mol. The Morgan fingerprint density at radius 3 is 2.46 bits per heavy atom. The van der Waals surface area contributed by atoms with Crippen molar-refractivity contribution >= 4 is 39.5 Å². The van der Waals surface area contributed by atoms with E-state index in [9.17, 15) is 14.4 Å². The van der Waals surface area contributed by atoms with E-state index in [0.717, 1.165) is 4.47 Å². The minimum absolute atomic E-state index is 0.0420. The number of carbonyl (C=O) groups is 3. The summed E-state index contributed by atoms with van der Waals surface area (Å²) in [6.45, 7) is 5.63. The first kappa shape index (κ1) is 22.0. The van der Waals surface area contributed by atoms with Crippen LogP contribution in [0.25, 0.3) is 0 Å². The Morgan fingerprint density at radius 1 is 1.19 bits per heavy atom. The van der Waals surface area contributed by atoms with Gasteiger partial charge in [0.1, 0.15) is 5.60 Å². The lowest BCUT2D eigenvalue weighted by atomic mass is 10.2.